The molecule has 6 unspecified atom stereocenters. The van der Waals surface area contributed by atoms with Gasteiger partial charge in [0.1, 0.15) is 11.5 Å². The summed E-state index contributed by atoms with van der Waals surface area (Å²) in [5.41, 5.74) is 0.170. The van der Waals surface area contributed by atoms with Gasteiger partial charge < -0.3 is 19.7 Å². The van der Waals surface area contributed by atoms with Gasteiger partial charge in [0.15, 0.2) is 0 Å². The summed E-state index contributed by atoms with van der Waals surface area (Å²) in [6.45, 7) is 9.24. The molecule has 0 bridgehead atoms. The van der Waals surface area contributed by atoms with Gasteiger partial charge in [-0.2, -0.15) is 0 Å². The molecule has 0 heterocycles. The fourth-order valence-corrected chi connectivity index (χ4v) is 11.7. The van der Waals surface area contributed by atoms with Crippen molar-refractivity contribution < 1.29 is 32.9 Å². The molecule has 4 aliphatic carbocycles. The molecule has 8 nitrogen and oxygen atoms in total. The molecule has 0 radical (unpaired) electrons. The lowest BCUT2D eigenvalue weighted by molar-refractivity contribution is -0.203. The number of hydrogen-bond acceptors (Lipinski definition) is 7. The third-order valence-corrected chi connectivity index (χ3v) is 14.3. The maximum absolute atomic E-state index is 12.9. The minimum Gasteiger partial charge on any atom is -0.457 e. The molecule has 4 aliphatic rings. The van der Waals surface area contributed by atoms with E-state index in [1.165, 1.54) is 12.1 Å². The average Bonchev–Trinajstić information content (AvgIpc) is 3.39. The Morgan fingerprint density at radius 1 is 0.913 bits per heavy atom. The van der Waals surface area contributed by atoms with Gasteiger partial charge in [0, 0.05) is 0 Å². The van der Waals surface area contributed by atoms with Crippen molar-refractivity contribution in [2.75, 3.05) is 6.61 Å². The van der Waals surface area contributed by atoms with Gasteiger partial charge in [-0.1, -0.05) is 52.3 Å². The van der Waals surface area contributed by atoms with Crippen molar-refractivity contribution in [2.24, 2.45) is 52.3 Å². The summed E-state index contributed by atoms with van der Waals surface area (Å²) in [6, 6.07) is 15.1. The smallest absolute Gasteiger partial charge is 0.421 e. The predicted molar refractivity (Wildman–Crippen MR) is 176 cm³/mol. The van der Waals surface area contributed by atoms with Crippen molar-refractivity contribution in [1.82, 2.24) is 4.72 Å². The Bertz CT molecular complexity index is 1480. The van der Waals surface area contributed by atoms with E-state index in [1.807, 2.05) is 18.2 Å². The number of rotatable bonds is 8. The Morgan fingerprint density at radius 2 is 1.57 bits per heavy atom. The quantitative estimate of drug-likeness (QED) is 0.276. The third kappa shape index (κ3) is 5.96. The number of amides is 1. The van der Waals surface area contributed by atoms with E-state index in [1.54, 1.807) is 24.3 Å². The third-order valence-electron chi connectivity index (χ3n) is 13.0. The summed E-state index contributed by atoms with van der Waals surface area (Å²) in [7, 11) is -4.12. The average molecular weight is 654 g/mol. The Hall–Kier alpha value is -2.62. The number of ether oxygens (including phenoxy) is 2. The molecule has 4 saturated carbocycles. The number of carbonyl (C=O) groups is 1. The van der Waals surface area contributed by atoms with E-state index in [9.17, 15) is 23.4 Å². The Kier molecular flexibility index (Phi) is 9.24. The number of aliphatic hydroxyl groups is 2. The monoisotopic (exact) mass is 653 g/mol. The summed E-state index contributed by atoms with van der Waals surface area (Å²) >= 11 is 0. The second-order valence-corrected chi connectivity index (χ2v) is 16.9. The zero-order valence-electron chi connectivity index (χ0n) is 27.6. The Morgan fingerprint density at radius 3 is 2.26 bits per heavy atom. The highest BCUT2D eigenvalue weighted by molar-refractivity contribution is 7.90. The minimum atomic E-state index is -4.12. The molecule has 0 spiro atoms. The molecule has 3 N–H and O–H groups in total. The van der Waals surface area contributed by atoms with E-state index in [-0.39, 0.29) is 52.3 Å². The number of nitrogens with one attached hydrogen (secondary N) is 1. The van der Waals surface area contributed by atoms with Crippen LogP contribution in [-0.2, 0) is 14.8 Å². The van der Waals surface area contributed by atoms with Gasteiger partial charge in [-0.15, -0.1) is 0 Å². The van der Waals surface area contributed by atoms with Gasteiger partial charge in [-0.25, -0.2) is 17.9 Å². The zero-order valence-corrected chi connectivity index (χ0v) is 28.4. The molecule has 4 fully saturated rings. The van der Waals surface area contributed by atoms with Crippen molar-refractivity contribution in [2.45, 2.75) is 96.2 Å². The molecule has 0 aromatic heterocycles. The topological polar surface area (TPSA) is 122 Å². The van der Waals surface area contributed by atoms with Gasteiger partial charge in [0.2, 0.25) is 0 Å². The lowest BCUT2D eigenvalue weighted by Crippen LogP contribution is -2.62. The van der Waals surface area contributed by atoms with Crippen LogP contribution in [0.3, 0.4) is 0 Å². The van der Waals surface area contributed by atoms with E-state index in [0.717, 1.165) is 51.4 Å². The summed E-state index contributed by atoms with van der Waals surface area (Å²) < 4.78 is 39.2. The molecular weight excluding hydrogens is 602 g/mol. The van der Waals surface area contributed by atoms with E-state index in [4.69, 9.17) is 9.47 Å². The fourth-order valence-electron chi connectivity index (χ4n) is 10.8. The van der Waals surface area contributed by atoms with Crippen LogP contribution in [0.5, 0.6) is 11.5 Å². The first kappa shape index (κ1) is 33.3. The molecule has 11 atom stereocenters. The fraction of sp³-hybridized carbons (Fsp3) is 0.649. The first-order valence-electron chi connectivity index (χ1n) is 17.3. The highest BCUT2D eigenvalue weighted by Crippen LogP contribution is 2.69. The lowest BCUT2D eigenvalue weighted by Gasteiger charge is -2.64. The van der Waals surface area contributed by atoms with Crippen LogP contribution in [0.25, 0.3) is 0 Å². The molecule has 46 heavy (non-hydrogen) atoms. The molecule has 9 heteroatoms. The summed E-state index contributed by atoms with van der Waals surface area (Å²) in [4.78, 5) is 12.7. The number of sulfonamides is 1. The molecule has 2 aromatic carbocycles. The maximum Gasteiger partial charge on any atom is 0.421 e. The normalized spacial score (nSPS) is 37.7. The molecular formula is C37H51NO7S. The van der Waals surface area contributed by atoms with Crippen molar-refractivity contribution in [3.05, 3.63) is 54.6 Å². The van der Waals surface area contributed by atoms with Crippen LogP contribution in [-0.4, -0.2) is 43.5 Å². The summed E-state index contributed by atoms with van der Waals surface area (Å²) in [6.07, 6.45) is 6.24. The molecule has 2 aromatic rings. The van der Waals surface area contributed by atoms with Gasteiger partial charge in [0.05, 0.1) is 23.7 Å². The summed E-state index contributed by atoms with van der Waals surface area (Å²) in [5.74, 6) is 3.15. The number of aliphatic hydroxyl groups excluding tert-OH is 2. The standard InChI is InChI=1S/C37H51NO7S/c1-5-28-32-21-24(39)17-19-37(32,4)31-18-20-36(3)29(15-16-30(36)33(31)34(28)40)23(2)22-44-35(41)38-46(42,43)27-13-11-26(12-14-27)45-25-9-7-6-8-10-25/h6-14,23-24,28-34,39-40H,5,15-22H2,1-4H3,(H,38,41)/t23-,24-,28-,29?,30?,31?,32?,33?,34-,36?,37-/m1/s1. The minimum absolute atomic E-state index is 0.0205. The first-order chi connectivity index (χ1) is 21.9. The molecule has 0 aliphatic heterocycles. The van der Waals surface area contributed by atoms with Crippen LogP contribution in [0.2, 0.25) is 0 Å². The second-order valence-electron chi connectivity index (χ2n) is 15.2. The summed E-state index contributed by atoms with van der Waals surface area (Å²) in [5, 5.41) is 22.5. The molecule has 252 valence electrons. The van der Waals surface area contributed by atoms with Crippen molar-refractivity contribution in [3.63, 3.8) is 0 Å². The number of carbonyl (C=O) groups excluding carboxylic acids is 1. The Balaban J connectivity index is 1.07. The van der Waals surface area contributed by atoms with Crippen molar-refractivity contribution in [3.8, 4) is 11.5 Å². The van der Waals surface area contributed by atoms with Gasteiger partial charge in [0.25, 0.3) is 10.0 Å². The van der Waals surface area contributed by atoms with Gasteiger partial charge in [-0.3, -0.25) is 0 Å². The van der Waals surface area contributed by atoms with E-state index in [0.29, 0.717) is 35.2 Å². The van der Waals surface area contributed by atoms with Gasteiger partial charge in [-0.05, 0) is 134 Å². The van der Waals surface area contributed by atoms with Crippen LogP contribution in [0, 0.1) is 52.3 Å². The van der Waals surface area contributed by atoms with Crippen LogP contribution < -0.4 is 9.46 Å². The Labute approximate surface area is 274 Å². The van der Waals surface area contributed by atoms with Crippen molar-refractivity contribution >= 4 is 16.1 Å². The number of fused-ring (bicyclic) bond motifs is 5. The maximum atomic E-state index is 12.9. The van der Waals surface area contributed by atoms with Gasteiger partial charge >= 0.3 is 6.09 Å². The molecule has 6 rings (SSSR count). The van der Waals surface area contributed by atoms with Crippen LogP contribution >= 0.6 is 0 Å². The highest BCUT2D eigenvalue weighted by Gasteiger charge is 2.64. The van der Waals surface area contributed by atoms with Crippen LogP contribution in [0.4, 0.5) is 4.79 Å². The van der Waals surface area contributed by atoms with E-state index < -0.39 is 16.1 Å². The molecule has 1 amide bonds. The largest absolute Gasteiger partial charge is 0.457 e. The van der Waals surface area contributed by atoms with Crippen molar-refractivity contribution in [1.29, 1.82) is 0 Å². The van der Waals surface area contributed by atoms with E-state index in [2.05, 4.69) is 32.4 Å². The predicted octanol–water partition coefficient (Wildman–Crippen LogP) is 7.16. The highest BCUT2D eigenvalue weighted by atomic mass is 32.2. The van der Waals surface area contributed by atoms with E-state index >= 15 is 0 Å². The zero-order chi connectivity index (χ0) is 32.9. The van der Waals surface area contributed by atoms with Crippen LogP contribution in [0.15, 0.2) is 59.5 Å². The lowest BCUT2D eigenvalue weighted by atomic mass is 9.41. The number of hydrogen-bond donors (Lipinski definition) is 3. The number of para-hydroxylation sites is 1. The second kappa shape index (κ2) is 12.8. The SMILES string of the molecule is CC[C@@H]1C2C[C@H](O)CC[C@]2(C)C2CCC3(C)C(CCC3[C@H](C)COC(=O)NS(=O)(=O)c3ccc(Oc4ccccc4)cc3)C2[C@@H]1O. The first-order valence-corrected chi connectivity index (χ1v) is 18.7. The number of benzene rings is 2. The van der Waals surface area contributed by atoms with Crippen LogP contribution in [0.1, 0.15) is 79.1 Å². The molecule has 0 saturated heterocycles.